The lowest BCUT2D eigenvalue weighted by Crippen LogP contribution is -2.27. The van der Waals surface area contributed by atoms with Crippen molar-refractivity contribution in [2.45, 2.75) is 40.4 Å². The Morgan fingerprint density at radius 1 is 1.24 bits per heavy atom. The number of hydrogen-bond donors (Lipinski definition) is 2. The van der Waals surface area contributed by atoms with Crippen LogP contribution in [0.4, 0.5) is 21.3 Å². The molecule has 4 rings (SSSR count). The number of aryl methyl sites for hydroxylation is 1. The smallest absolute Gasteiger partial charge is 0.321 e. The van der Waals surface area contributed by atoms with E-state index in [0.29, 0.717) is 26.3 Å². The van der Waals surface area contributed by atoms with Crippen LogP contribution < -0.4 is 20.3 Å². The predicted octanol–water partition coefficient (Wildman–Crippen LogP) is 5.72. The second-order valence-electron chi connectivity index (χ2n) is 8.21. The van der Waals surface area contributed by atoms with Gasteiger partial charge in [0.05, 0.1) is 17.6 Å². The Morgan fingerprint density at radius 3 is 2.82 bits per heavy atom. The van der Waals surface area contributed by atoms with Gasteiger partial charge in [0, 0.05) is 43.3 Å². The van der Waals surface area contributed by atoms with E-state index in [0.717, 1.165) is 43.8 Å². The van der Waals surface area contributed by atoms with Gasteiger partial charge in [-0.15, -0.1) is 0 Å². The first-order chi connectivity index (χ1) is 15.9. The fourth-order valence-electron chi connectivity index (χ4n) is 3.63. The molecule has 174 valence electrons. The lowest BCUT2D eigenvalue weighted by atomic mass is 10.1. The molecule has 0 unspecified atom stereocenters. The number of aromatic nitrogens is 1. The molecule has 1 aliphatic rings. The average Bonchev–Trinajstić information content (AvgIpc) is 3.42. The van der Waals surface area contributed by atoms with Crippen LogP contribution in [0.2, 0.25) is 0 Å². The number of hydrogen-bond acceptors (Lipinski definition) is 6. The minimum absolute atomic E-state index is 0.0335. The Balaban J connectivity index is 1.60. The molecule has 1 aliphatic heterocycles. The van der Waals surface area contributed by atoms with Crippen molar-refractivity contribution in [2.24, 2.45) is 0 Å². The Bertz CT molecular complexity index is 1130. The summed E-state index contributed by atoms with van der Waals surface area (Å²) >= 11 is 1.56. The van der Waals surface area contributed by atoms with E-state index in [9.17, 15) is 4.79 Å². The molecule has 2 N–H and O–H groups in total. The van der Waals surface area contributed by atoms with E-state index in [1.165, 1.54) is 0 Å². The van der Waals surface area contributed by atoms with Crippen molar-refractivity contribution >= 4 is 33.9 Å². The summed E-state index contributed by atoms with van der Waals surface area (Å²) in [5, 5.41) is 7.11. The summed E-state index contributed by atoms with van der Waals surface area (Å²) < 4.78 is 11.5. The minimum atomic E-state index is -0.0864. The maximum absolute atomic E-state index is 12.2. The Hall–Kier alpha value is -3.10. The van der Waals surface area contributed by atoms with Crippen LogP contribution in [0.5, 0.6) is 5.75 Å². The number of nitrogens with one attached hydrogen (secondary N) is 2. The van der Waals surface area contributed by atoms with Crippen molar-refractivity contribution in [1.29, 1.82) is 0 Å². The van der Waals surface area contributed by atoms with Crippen molar-refractivity contribution in [3.05, 3.63) is 53.7 Å². The van der Waals surface area contributed by atoms with E-state index in [1.54, 1.807) is 16.2 Å². The first-order valence-electron chi connectivity index (χ1n) is 11.2. The molecular formula is C25H30N4O3S. The molecular weight excluding hydrogens is 436 g/mol. The summed E-state index contributed by atoms with van der Waals surface area (Å²) in [4.78, 5) is 19.6. The molecule has 0 radical (unpaired) electrons. The second-order valence-corrected chi connectivity index (χ2v) is 9.24. The van der Waals surface area contributed by atoms with Crippen LogP contribution in [0.1, 0.15) is 31.9 Å². The molecule has 0 saturated carbocycles. The molecule has 0 aliphatic carbocycles. The zero-order valence-electron chi connectivity index (χ0n) is 19.5. The second kappa shape index (κ2) is 10.2. The van der Waals surface area contributed by atoms with Crippen molar-refractivity contribution in [1.82, 2.24) is 10.3 Å². The largest absolute Gasteiger partial charge is 0.491 e. The number of carbonyl (C=O) groups excluding carboxylic acids is 1. The third kappa shape index (κ3) is 5.64. The van der Waals surface area contributed by atoms with Crippen LogP contribution in [0.3, 0.4) is 0 Å². The quantitative estimate of drug-likeness (QED) is 0.422. The van der Waals surface area contributed by atoms with Gasteiger partial charge in [-0.3, -0.25) is 4.90 Å². The van der Waals surface area contributed by atoms with Crippen molar-refractivity contribution in [3.8, 4) is 16.2 Å². The molecule has 7 nitrogen and oxygen atoms in total. The van der Waals surface area contributed by atoms with Crippen molar-refractivity contribution < 1.29 is 14.3 Å². The molecule has 1 fully saturated rings. The van der Waals surface area contributed by atoms with E-state index < -0.39 is 0 Å². The fourth-order valence-corrected chi connectivity index (χ4v) is 4.45. The summed E-state index contributed by atoms with van der Waals surface area (Å²) in [6.45, 7) is 10.6. The molecule has 33 heavy (non-hydrogen) atoms. The molecule has 0 bridgehead atoms. The number of thiazole rings is 1. The van der Waals surface area contributed by atoms with E-state index in [4.69, 9.17) is 9.47 Å². The van der Waals surface area contributed by atoms with E-state index >= 15 is 0 Å². The van der Waals surface area contributed by atoms with Crippen LogP contribution in [0, 0.1) is 6.92 Å². The highest BCUT2D eigenvalue weighted by atomic mass is 32.1. The third-order valence-corrected chi connectivity index (χ3v) is 6.20. The lowest BCUT2D eigenvalue weighted by Gasteiger charge is -2.18. The molecule has 1 saturated heterocycles. The van der Waals surface area contributed by atoms with Gasteiger partial charge in [0.25, 0.3) is 0 Å². The monoisotopic (exact) mass is 466 g/mol. The summed E-state index contributed by atoms with van der Waals surface area (Å²) in [6, 6.07) is 12.1. The molecule has 0 spiro atoms. The third-order valence-electron chi connectivity index (χ3n) is 5.24. The van der Waals surface area contributed by atoms with Crippen LogP contribution in [-0.2, 0) is 11.3 Å². The topological polar surface area (TPSA) is 75.7 Å². The van der Waals surface area contributed by atoms with Crippen LogP contribution in [-0.4, -0.2) is 36.8 Å². The number of carbonyl (C=O) groups is 1. The molecule has 1 aromatic heterocycles. The predicted molar refractivity (Wildman–Crippen MR) is 134 cm³/mol. The normalized spacial score (nSPS) is 13.5. The maximum Gasteiger partial charge on any atom is 0.321 e. The standard InChI is InChI=1S/C25H30N4O3S/c1-5-31-15-18-7-6-17(4)22(10-18)28-24-27-14-23(33-24)19-11-20(29-9-8-26-25(29)30)13-21(12-19)32-16(2)3/h6-7,10-14,16H,5,8-9,15H2,1-4H3,(H,26,30)(H,27,28). The average molecular weight is 467 g/mol. The maximum atomic E-state index is 12.2. The van der Waals surface area contributed by atoms with Gasteiger partial charge in [-0.25, -0.2) is 9.78 Å². The highest BCUT2D eigenvalue weighted by Crippen LogP contribution is 2.36. The van der Waals surface area contributed by atoms with Gasteiger partial charge in [-0.2, -0.15) is 0 Å². The summed E-state index contributed by atoms with van der Waals surface area (Å²) in [7, 11) is 0. The first kappa shape index (κ1) is 23.1. The van der Waals surface area contributed by atoms with E-state index in [2.05, 4.69) is 40.7 Å². The number of benzene rings is 2. The number of anilines is 3. The minimum Gasteiger partial charge on any atom is -0.491 e. The zero-order chi connectivity index (χ0) is 23.4. The van der Waals surface area contributed by atoms with Gasteiger partial charge >= 0.3 is 6.03 Å². The molecule has 2 aromatic carbocycles. The SMILES string of the molecule is CCOCc1ccc(C)c(Nc2ncc(-c3cc(OC(C)C)cc(N4CCNC4=O)c3)s2)c1. The van der Waals surface area contributed by atoms with Crippen LogP contribution in [0.25, 0.3) is 10.4 Å². The van der Waals surface area contributed by atoms with Gasteiger partial charge in [0.2, 0.25) is 0 Å². The number of amides is 2. The summed E-state index contributed by atoms with van der Waals surface area (Å²) in [6.07, 6.45) is 1.89. The lowest BCUT2D eigenvalue weighted by molar-refractivity contribution is 0.134. The van der Waals surface area contributed by atoms with Gasteiger partial charge in [0.15, 0.2) is 5.13 Å². The van der Waals surface area contributed by atoms with E-state index in [1.807, 2.05) is 45.2 Å². The van der Waals surface area contributed by atoms with Gasteiger partial charge in [-0.05, 0) is 62.6 Å². The Morgan fingerprint density at radius 2 is 2.09 bits per heavy atom. The first-order valence-corrected chi connectivity index (χ1v) is 12.0. The summed E-state index contributed by atoms with van der Waals surface area (Å²) in [5.41, 5.74) is 5.06. The number of urea groups is 1. The molecule has 3 aromatic rings. The molecule has 2 amide bonds. The molecule has 2 heterocycles. The molecule has 8 heteroatoms. The number of rotatable bonds is 9. The zero-order valence-corrected chi connectivity index (χ0v) is 20.3. The Kier molecular flexibility index (Phi) is 7.15. The van der Waals surface area contributed by atoms with Gasteiger partial charge in [0.1, 0.15) is 5.75 Å². The highest BCUT2D eigenvalue weighted by Gasteiger charge is 2.23. The van der Waals surface area contributed by atoms with Crippen molar-refractivity contribution in [2.75, 3.05) is 29.9 Å². The summed E-state index contributed by atoms with van der Waals surface area (Å²) in [5.74, 6) is 0.736. The number of ether oxygens (including phenoxy) is 2. The van der Waals surface area contributed by atoms with Crippen LogP contribution in [0.15, 0.2) is 42.6 Å². The van der Waals surface area contributed by atoms with Crippen LogP contribution >= 0.6 is 11.3 Å². The number of nitrogens with zero attached hydrogens (tertiary/aromatic N) is 2. The van der Waals surface area contributed by atoms with Crippen molar-refractivity contribution in [3.63, 3.8) is 0 Å². The Labute approximate surface area is 198 Å². The highest BCUT2D eigenvalue weighted by molar-refractivity contribution is 7.19. The van der Waals surface area contributed by atoms with Gasteiger partial charge in [-0.1, -0.05) is 23.5 Å². The fraction of sp³-hybridized carbons (Fsp3) is 0.360. The molecule has 0 atom stereocenters. The van der Waals surface area contributed by atoms with Gasteiger partial charge < -0.3 is 20.1 Å². The van der Waals surface area contributed by atoms with E-state index in [-0.39, 0.29) is 12.1 Å².